The van der Waals surface area contributed by atoms with Crippen LogP contribution in [-0.4, -0.2) is 30.1 Å². The predicted molar refractivity (Wildman–Crippen MR) is 42.5 cm³/mol. The van der Waals surface area contributed by atoms with Gasteiger partial charge in [0, 0.05) is 0 Å². The Balaban J connectivity index is 4.13. The quantitative estimate of drug-likeness (QED) is 0.575. The zero-order valence-electron chi connectivity index (χ0n) is 6.82. The van der Waals surface area contributed by atoms with Gasteiger partial charge in [0.1, 0.15) is 0 Å². The van der Waals surface area contributed by atoms with E-state index in [1.807, 2.05) is 13.8 Å². The van der Waals surface area contributed by atoms with Gasteiger partial charge in [-0.3, -0.25) is 0 Å². The zero-order chi connectivity index (χ0) is 9.02. The maximum atomic E-state index is 10.3. The molecule has 0 heterocycles. The highest BCUT2D eigenvalue weighted by atomic mass is 16.4. The van der Waals surface area contributed by atoms with Crippen LogP contribution in [0.5, 0.6) is 0 Å². The van der Waals surface area contributed by atoms with Gasteiger partial charge in [-0.05, 0) is 11.8 Å². The van der Waals surface area contributed by atoms with E-state index in [4.69, 9.17) is 18.1 Å². The fraction of sp³-hybridized carbons (Fsp3) is 0.857. The van der Waals surface area contributed by atoms with Crippen LogP contribution in [0, 0.1) is 11.8 Å². The Labute approximate surface area is 67.8 Å². The van der Waals surface area contributed by atoms with Crippen molar-refractivity contribution in [3.63, 3.8) is 0 Å². The molecule has 2 N–H and O–H groups in total. The van der Waals surface area contributed by atoms with Gasteiger partial charge in [-0.1, -0.05) is 20.2 Å². The van der Waals surface area contributed by atoms with Gasteiger partial charge in [0.2, 0.25) is 0 Å². The van der Waals surface area contributed by atoms with Crippen LogP contribution in [0.1, 0.15) is 13.8 Å². The lowest BCUT2D eigenvalue weighted by Crippen LogP contribution is -2.32. The number of hydrogen-bond donors (Lipinski definition) is 2. The van der Waals surface area contributed by atoms with Crippen LogP contribution >= 0.6 is 0 Å². The van der Waals surface area contributed by atoms with Gasteiger partial charge in [0.05, 0.1) is 7.85 Å². The number of aliphatic hydroxyl groups excluding tert-OH is 1. The van der Waals surface area contributed by atoms with Crippen molar-refractivity contribution in [2.45, 2.75) is 26.3 Å². The number of carboxylic acids is 1. The van der Waals surface area contributed by atoms with Crippen molar-refractivity contribution in [1.29, 1.82) is 0 Å². The number of aliphatic hydroxyl groups is 1. The van der Waals surface area contributed by atoms with Gasteiger partial charge >= 0.3 is 5.97 Å². The summed E-state index contributed by atoms with van der Waals surface area (Å²) < 4.78 is 0. The minimum atomic E-state index is -1.33. The standard InChI is InChI=1S/C7H13BO3/c1-4(2)5(3-8)6(9)7(10)11/h4-6,9H,3H2,1-2H3,(H,10,11). The molecule has 0 aromatic carbocycles. The lowest BCUT2D eigenvalue weighted by Gasteiger charge is -2.21. The summed E-state index contributed by atoms with van der Waals surface area (Å²) in [5, 5.41) is 17.5. The number of carboxylic acid groups (broad SMARTS) is 1. The average molecular weight is 156 g/mol. The van der Waals surface area contributed by atoms with E-state index in [0.717, 1.165) is 0 Å². The Morgan fingerprint density at radius 1 is 1.55 bits per heavy atom. The van der Waals surface area contributed by atoms with Gasteiger partial charge in [-0.15, -0.1) is 0 Å². The molecular formula is C7H13BO3. The number of aliphatic carboxylic acids is 1. The first kappa shape index (κ1) is 10.5. The van der Waals surface area contributed by atoms with E-state index >= 15 is 0 Å². The number of hydrogen-bond acceptors (Lipinski definition) is 2. The van der Waals surface area contributed by atoms with Gasteiger partial charge in [0.25, 0.3) is 0 Å². The van der Waals surface area contributed by atoms with Crippen molar-refractivity contribution in [2.24, 2.45) is 11.8 Å². The molecule has 0 aliphatic carbocycles. The van der Waals surface area contributed by atoms with E-state index < -0.39 is 12.1 Å². The molecule has 0 aliphatic heterocycles. The van der Waals surface area contributed by atoms with Crippen LogP contribution in [0.2, 0.25) is 6.32 Å². The largest absolute Gasteiger partial charge is 0.479 e. The van der Waals surface area contributed by atoms with E-state index in [1.54, 1.807) is 0 Å². The van der Waals surface area contributed by atoms with Crippen LogP contribution in [0.15, 0.2) is 0 Å². The Morgan fingerprint density at radius 3 is 2.09 bits per heavy atom. The van der Waals surface area contributed by atoms with Crippen LogP contribution in [0.3, 0.4) is 0 Å². The highest BCUT2D eigenvalue weighted by molar-refractivity contribution is 6.08. The first-order valence-corrected chi connectivity index (χ1v) is 3.61. The minimum Gasteiger partial charge on any atom is -0.479 e. The molecule has 0 aromatic rings. The molecule has 0 saturated carbocycles. The molecular weight excluding hydrogens is 143 g/mol. The Bertz CT molecular complexity index is 136. The minimum absolute atomic E-state index is 0.0890. The maximum Gasteiger partial charge on any atom is 0.332 e. The van der Waals surface area contributed by atoms with Crippen LogP contribution in [0.25, 0.3) is 0 Å². The molecule has 3 nitrogen and oxygen atoms in total. The molecule has 0 spiro atoms. The molecule has 2 atom stereocenters. The second-order valence-corrected chi connectivity index (χ2v) is 2.93. The van der Waals surface area contributed by atoms with Gasteiger partial charge in [-0.25, -0.2) is 4.79 Å². The first-order valence-electron chi connectivity index (χ1n) is 3.61. The summed E-state index contributed by atoms with van der Waals surface area (Å²) in [5.74, 6) is -1.47. The fourth-order valence-corrected chi connectivity index (χ4v) is 0.949. The van der Waals surface area contributed by atoms with Crippen LogP contribution < -0.4 is 0 Å². The summed E-state index contributed by atoms with van der Waals surface area (Å²) in [6.07, 6.45) is -1.13. The van der Waals surface area contributed by atoms with Crippen molar-refractivity contribution < 1.29 is 15.0 Å². The molecule has 0 rings (SSSR count). The second kappa shape index (κ2) is 4.39. The summed E-state index contributed by atoms with van der Waals surface area (Å²) in [6, 6.07) is 0. The third kappa shape index (κ3) is 2.93. The Kier molecular flexibility index (Phi) is 4.19. The van der Waals surface area contributed by atoms with E-state index in [1.165, 1.54) is 0 Å². The molecule has 0 saturated heterocycles. The van der Waals surface area contributed by atoms with Crippen molar-refractivity contribution in [2.75, 3.05) is 0 Å². The molecule has 0 amide bonds. The molecule has 2 radical (unpaired) electrons. The SMILES string of the molecule is [B]CC(C(C)C)C(O)C(=O)O. The molecule has 0 fully saturated rings. The third-order valence-corrected chi connectivity index (χ3v) is 1.79. The molecule has 2 unspecified atom stereocenters. The highest BCUT2D eigenvalue weighted by Crippen LogP contribution is 2.18. The predicted octanol–water partition coefficient (Wildman–Crippen LogP) is 0.291. The van der Waals surface area contributed by atoms with Crippen LogP contribution in [-0.2, 0) is 4.79 Å². The monoisotopic (exact) mass is 156 g/mol. The van der Waals surface area contributed by atoms with Gasteiger partial charge in [-0.2, -0.15) is 0 Å². The molecule has 0 aromatic heterocycles. The molecule has 62 valence electrons. The lowest BCUT2D eigenvalue weighted by atomic mass is 9.80. The smallest absolute Gasteiger partial charge is 0.332 e. The summed E-state index contributed by atoms with van der Waals surface area (Å²) >= 11 is 0. The second-order valence-electron chi connectivity index (χ2n) is 2.93. The van der Waals surface area contributed by atoms with Gasteiger partial charge in [0.15, 0.2) is 6.10 Å². The third-order valence-electron chi connectivity index (χ3n) is 1.79. The van der Waals surface area contributed by atoms with Crippen LogP contribution in [0.4, 0.5) is 0 Å². The van der Waals surface area contributed by atoms with Crippen molar-refractivity contribution in [3.8, 4) is 0 Å². The fourth-order valence-electron chi connectivity index (χ4n) is 0.949. The van der Waals surface area contributed by atoms with Gasteiger partial charge < -0.3 is 10.2 Å². The average Bonchev–Trinajstić information content (AvgIpc) is 1.88. The van der Waals surface area contributed by atoms with Crippen molar-refractivity contribution in [3.05, 3.63) is 0 Å². The van der Waals surface area contributed by atoms with E-state index in [9.17, 15) is 4.79 Å². The molecule has 11 heavy (non-hydrogen) atoms. The molecule has 4 heteroatoms. The summed E-state index contributed by atoms with van der Waals surface area (Å²) in [6.45, 7) is 3.67. The Morgan fingerprint density at radius 2 is 2.00 bits per heavy atom. The lowest BCUT2D eigenvalue weighted by molar-refractivity contribution is -0.150. The zero-order valence-corrected chi connectivity index (χ0v) is 6.82. The normalized spacial score (nSPS) is 16.4. The summed E-state index contributed by atoms with van der Waals surface area (Å²) in [4.78, 5) is 10.3. The van der Waals surface area contributed by atoms with Crippen molar-refractivity contribution in [1.82, 2.24) is 0 Å². The van der Waals surface area contributed by atoms with E-state index in [2.05, 4.69) is 0 Å². The summed E-state index contributed by atoms with van der Waals surface area (Å²) in [7, 11) is 5.29. The highest BCUT2D eigenvalue weighted by Gasteiger charge is 2.25. The topological polar surface area (TPSA) is 57.5 Å². The number of carbonyl (C=O) groups is 1. The van der Waals surface area contributed by atoms with E-state index in [-0.39, 0.29) is 18.2 Å². The first-order chi connectivity index (χ1) is 5.00. The number of rotatable bonds is 4. The Hall–Kier alpha value is -0.505. The van der Waals surface area contributed by atoms with E-state index in [0.29, 0.717) is 0 Å². The van der Waals surface area contributed by atoms with Crippen molar-refractivity contribution >= 4 is 13.8 Å². The molecule has 0 bridgehead atoms. The molecule has 0 aliphatic rings. The summed E-state index contributed by atoms with van der Waals surface area (Å²) in [5.41, 5.74) is 0. The maximum absolute atomic E-state index is 10.3.